The number of pyridine rings is 1. The number of carbonyl (C=O) groups is 1. The highest BCUT2D eigenvalue weighted by Gasteiger charge is 2.03. The molecule has 0 radical (unpaired) electrons. The predicted octanol–water partition coefficient (Wildman–Crippen LogP) is 1.57. The van der Waals surface area contributed by atoms with Gasteiger partial charge in [-0.25, -0.2) is 0 Å². The molecular weight excluding hydrogens is 238 g/mol. The fourth-order valence-electron chi connectivity index (χ4n) is 1.76. The number of nitrogen functional groups attached to an aromatic ring is 1. The van der Waals surface area contributed by atoms with Gasteiger partial charge in [-0.1, -0.05) is 18.2 Å². The number of aromatic nitrogens is 1. The molecule has 1 heterocycles. The van der Waals surface area contributed by atoms with Crippen molar-refractivity contribution in [3.63, 3.8) is 0 Å². The summed E-state index contributed by atoms with van der Waals surface area (Å²) in [5.41, 5.74) is 8.31. The van der Waals surface area contributed by atoms with Gasteiger partial charge in [0, 0.05) is 24.1 Å². The molecule has 0 bridgehead atoms. The van der Waals surface area contributed by atoms with Crippen LogP contribution in [0, 0.1) is 0 Å². The molecule has 0 aliphatic carbocycles. The molecular formula is C15H17N3O. The van der Waals surface area contributed by atoms with Crippen LogP contribution < -0.4 is 11.1 Å². The molecule has 0 aliphatic heterocycles. The van der Waals surface area contributed by atoms with E-state index in [4.69, 9.17) is 5.73 Å². The van der Waals surface area contributed by atoms with Crippen LogP contribution in [0.25, 0.3) is 0 Å². The summed E-state index contributed by atoms with van der Waals surface area (Å²) in [6.07, 6.45) is 2.81. The lowest BCUT2D eigenvalue weighted by Gasteiger charge is -2.05. The van der Waals surface area contributed by atoms with Gasteiger partial charge in [0.1, 0.15) is 0 Å². The molecule has 0 saturated carbocycles. The van der Waals surface area contributed by atoms with E-state index >= 15 is 0 Å². The van der Waals surface area contributed by atoms with Gasteiger partial charge >= 0.3 is 0 Å². The molecule has 4 heteroatoms. The molecule has 0 unspecified atom stereocenters. The van der Waals surface area contributed by atoms with Crippen molar-refractivity contribution >= 4 is 11.6 Å². The summed E-state index contributed by atoms with van der Waals surface area (Å²) in [7, 11) is 0. The first-order valence-corrected chi connectivity index (χ1v) is 6.25. The van der Waals surface area contributed by atoms with Crippen LogP contribution in [0.1, 0.15) is 11.3 Å². The number of benzene rings is 1. The Morgan fingerprint density at radius 2 is 1.95 bits per heavy atom. The van der Waals surface area contributed by atoms with Crippen LogP contribution >= 0.6 is 0 Å². The van der Waals surface area contributed by atoms with Gasteiger partial charge in [0.05, 0.1) is 6.42 Å². The zero-order valence-corrected chi connectivity index (χ0v) is 10.7. The Balaban J connectivity index is 1.74. The third kappa shape index (κ3) is 4.43. The van der Waals surface area contributed by atoms with Crippen molar-refractivity contribution in [1.29, 1.82) is 0 Å². The van der Waals surface area contributed by atoms with Crippen molar-refractivity contribution in [2.24, 2.45) is 0 Å². The lowest BCUT2D eigenvalue weighted by Crippen LogP contribution is -2.27. The quantitative estimate of drug-likeness (QED) is 0.797. The van der Waals surface area contributed by atoms with Gasteiger partial charge in [-0.3, -0.25) is 9.78 Å². The SMILES string of the molecule is Nc1ccc(CCNC(=O)Cc2ccccn2)cc1. The van der Waals surface area contributed by atoms with Crippen molar-refractivity contribution in [2.75, 3.05) is 12.3 Å². The van der Waals surface area contributed by atoms with E-state index in [-0.39, 0.29) is 5.91 Å². The summed E-state index contributed by atoms with van der Waals surface area (Å²) in [5, 5.41) is 2.88. The van der Waals surface area contributed by atoms with E-state index in [1.807, 2.05) is 42.5 Å². The minimum atomic E-state index is -0.00542. The van der Waals surface area contributed by atoms with Gasteiger partial charge < -0.3 is 11.1 Å². The first-order valence-electron chi connectivity index (χ1n) is 6.25. The van der Waals surface area contributed by atoms with Gasteiger partial charge in [0.15, 0.2) is 0 Å². The number of amides is 1. The Morgan fingerprint density at radius 1 is 1.16 bits per heavy atom. The van der Waals surface area contributed by atoms with Crippen LogP contribution in [0.2, 0.25) is 0 Å². The van der Waals surface area contributed by atoms with Crippen LogP contribution in [0.3, 0.4) is 0 Å². The monoisotopic (exact) mass is 255 g/mol. The van der Waals surface area contributed by atoms with Crippen LogP contribution in [-0.2, 0) is 17.6 Å². The molecule has 98 valence electrons. The van der Waals surface area contributed by atoms with Gasteiger partial charge in [-0.15, -0.1) is 0 Å². The van der Waals surface area contributed by atoms with E-state index in [1.54, 1.807) is 6.20 Å². The molecule has 2 aromatic rings. The van der Waals surface area contributed by atoms with E-state index < -0.39 is 0 Å². The Hall–Kier alpha value is -2.36. The maximum atomic E-state index is 11.7. The molecule has 2 rings (SSSR count). The minimum absolute atomic E-state index is 0.00542. The molecule has 0 atom stereocenters. The van der Waals surface area contributed by atoms with E-state index in [2.05, 4.69) is 10.3 Å². The number of rotatable bonds is 5. The molecule has 1 amide bonds. The number of nitrogens with zero attached hydrogens (tertiary/aromatic N) is 1. The second kappa shape index (κ2) is 6.54. The smallest absolute Gasteiger partial charge is 0.226 e. The minimum Gasteiger partial charge on any atom is -0.399 e. The molecule has 19 heavy (non-hydrogen) atoms. The zero-order chi connectivity index (χ0) is 13.5. The van der Waals surface area contributed by atoms with Crippen molar-refractivity contribution in [2.45, 2.75) is 12.8 Å². The maximum Gasteiger partial charge on any atom is 0.226 e. The highest BCUT2D eigenvalue weighted by atomic mass is 16.1. The Morgan fingerprint density at radius 3 is 2.63 bits per heavy atom. The molecule has 0 fully saturated rings. The first kappa shape index (κ1) is 13.1. The van der Waals surface area contributed by atoms with Gasteiger partial charge in [0.25, 0.3) is 0 Å². The first-order chi connectivity index (χ1) is 9.24. The number of anilines is 1. The average Bonchev–Trinajstić information content (AvgIpc) is 2.42. The molecule has 0 aliphatic rings. The molecule has 0 saturated heterocycles. The molecule has 0 spiro atoms. The largest absolute Gasteiger partial charge is 0.399 e. The number of hydrogen-bond acceptors (Lipinski definition) is 3. The van der Waals surface area contributed by atoms with Crippen LogP contribution in [-0.4, -0.2) is 17.4 Å². The number of hydrogen-bond donors (Lipinski definition) is 2. The van der Waals surface area contributed by atoms with Crippen molar-refractivity contribution < 1.29 is 4.79 Å². The fourth-order valence-corrected chi connectivity index (χ4v) is 1.76. The summed E-state index contributed by atoms with van der Waals surface area (Å²) >= 11 is 0. The van der Waals surface area contributed by atoms with E-state index in [0.29, 0.717) is 13.0 Å². The van der Waals surface area contributed by atoms with Crippen molar-refractivity contribution in [3.8, 4) is 0 Å². The van der Waals surface area contributed by atoms with Gasteiger partial charge in [-0.05, 0) is 36.2 Å². The Labute approximate surface area is 112 Å². The summed E-state index contributed by atoms with van der Waals surface area (Å²) in [6.45, 7) is 0.621. The van der Waals surface area contributed by atoms with E-state index in [0.717, 1.165) is 23.4 Å². The summed E-state index contributed by atoms with van der Waals surface area (Å²) in [5.74, 6) is -0.00542. The number of nitrogens with one attached hydrogen (secondary N) is 1. The lowest BCUT2D eigenvalue weighted by atomic mass is 10.1. The second-order valence-corrected chi connectivity index (χ2v) is 4.34. The fraction of sp³-hybridized carbons (Fsp3) is 0.200. The molecule has 1 aromatic heterocycles. The van der Waals surface area contributed by atoms with Crippen molar-refractivity contribution in [3.05, 3.63) is 59.9 Å². The molecule has 4 nitrogen and oxygen atoms in total. The third-order valence-electron chi connectivity index (χ3n) is 2.78. The Bertz CT molecular complexity index is 523. The Kier molecular flexibility index (Phi) is 4.50. The van der Waals surface area contributed by atoms with Crippen LogP contribution in [0.5, 0.6) is 0 Å². The zero-order valence-electron chi connectivity index (χ0n) is 10.7. The highest BCUT2D eigenvalue weighted by Crippen LogP contribution is 2.05. The highest BCUT2D eigenvalue weighted by molar-refractivity contribution is 5.78. The van der Waals surface area contributed by atoms with Gasteiger partial charge in [-0.2, -0.15) is 0 Å². The lowest BCUT2D eigenvalue weighted by molar-refractivity contribution is -0.120. The predicted molar refractivity (Wildman–Crippen MR) is 75.5 cm³/mol. The summed E-state index contributed by atoms with van der Waals surface area (Å²) in [4.78, 5) is 15.8. The summed E-state index contributed by atoms with van der Waals surface area (Å²) in [6, 6.07) is 13.2. The maximum absolute atomic E-state index is 11.7. The molecule has 3 N–H and O–H groups in total. The summed E-state index contributed by atoms with van der Waals surface area (Å²) < 4.78 is 0. The van der Waals surface area contributed by atoms with Crippen molar-refractivity contribution in [1.82, 2.24) is 10.3 Å². The van der Waals surface area contributed by atoms with Crippen LogP contribution in [0.4, 0.5) is 5.69 Å². The third-order valence-corrected chi connectivity index (χ3v) is 2.78. The number of nitrogens with two attached hydrogens (primary N) is 1. The normalized spacial score (nSPS) is 10.1. The topological polar surface area (TPSA) is 68.0 Å². The standard InChI is InChI=1S/C15H17N3O/c16-13-6-4-12(5-7-13)8-10-18-15(19)11-14-3-1-2-9-17-14/h1-7,9H,8,10-11,16H2,(H,18,19). The number of carbonyl (C=O) groups excluding carboxylic acids is 1. The second-order valence-electron chi connectivity index (χ2n) is 4.34. The van der Waals surface area contributed by atoms with Gasteiger partial charge in [0.2, 0.25) is 5.91 Å². The van der Waals surface area contributed by atoms with E-state index in [1.165, 1.54) is 0 Å². The van der Waals surface area contributed by atoms with E-state index in [9.17, 15) is 4.79 Å². The molecule has 1 aromatic carbocycles. The van der Waals surface area contributed by atoms with Crippen LogP contribution in [0.15, 0.2) is 48.7 Å². The average molecular weight is 255 g/mol.